The number of rotatable bonds is 6. The topological polar surface area (TPSA) is 79.4 Å². The summed E-state index contributed by atoms with van der Waals surface area (Å²) in [6.45, 7) is 6.63. The van der Waals surface area contributed by atoms with Crippen LogP contribution in [0.2, 0.25) is 0 Å². The van der Waals surface area contributed by atoms with Crippen LogP contribution < -0.4 is 9.80 Å². The summed E-state index contributed by atoms with van der Waals surface area (Å²) >= 11 is 0. The fourth-order valence-electron chi connectivity index (χ4n) is 3.94. The summed E-state index contributed by atoms with van der Waals surface area (Å²) in [5, 5.41) is 0. The second-order valence-corrected chi connectivity index (χ2v) is 7.74. The lowest BCUT2D eigenvalue weighted by Crippen LogP contribution is -2.37. The number of nitrogens with zero attached hydrogens (tertiary/aromatic N) is 3. The van der Waals surface area contributed by atoms with Crippen LogP contribution >= 0.6 is 0 Å². The molecule has 0 aliphatic carbocycles. The average Bonchev–Trinajstić information content (AvgIpc) is 3.24. The van der Waals surface area contributed by atoms with Gasteiger partial charge in [-0.05, 0) is 24.3 Å². The van der Waals surface area contributed by atoms with Gasteiger partial charge in [0.1, 0.15) is 11.9 Å². The maximum absolute atomic E-state index is 14.7. The van der Waals surface area contributed by atoms with Gasteiger partial charge in [-0.25, -0.2) is 9.18 Å². The minimum atomic E-state index is -0.595. The van der Waals surface area contributed by atoms with Crippen molar-refractivity contribution in [3.8, 4) is 0 Å². The highest BCUT2D eigenvalue weighted by Gasteiger charge is 2.34. The molecule has 0 bridgehead atoms. The zero-order valence-corrected chi connectivity index (χ0v) is 19.7. The van der Waals surface area contributed by atoms with Gasteiger partial charge in [-0.15, -0.1) is 0 Å². The Labute approximate surface area is 198 Å². The summed E-state index contributed by atoms with van der Waals surface area (Å²) in [5.41, 5.74) is 1.45. The third-order valence-corrected chi connectivity index (χ3v) is 5.61. The number of carbonyl (C=O) groups excluding carboxylic acids is 3. The first-order valence-corrected chi connectivity index (χ1v) is 11.4. The lowest BCUT2D eigenvalue weighted by molar-refractivity contribution is 0.0693. The Hall–Kier alpha value is -3.46. The van der Waals surface area contributed by atoms with Crippen LogP contribution in [0.25, 0.3) is 0 Å². The fourth-order valence-corrected chi connectivity index (χ4v) is 3.94. The van der Waals surface area contributed by atoms with E-state index in [4.69, 9.17) is 9.47 Å². The molecule has 1 unspecified atom stereocenters. The van der Waals surface area contributed by atoms with Crippen molar-refractivity contribution in [2.45, 2.75) is 20.0 Å². The quantitative estimate of drug-likeness (QED) is 0.599. The standard InChI is InChI=1S/C23H24FN3O5.C2H6/c1-25(22(29)19-5-3-2-4-16(19)15-28)13-18-14-27(23(30)32-18)17-6-7-21(20(24)12-17)26-8-10-31-11-9-26;1-2/h2-7,12,15,18H,8-11,13-14H2,1H3;1-2H3. The molecular formula is C25H30FN3O5. The van der Waals surface area contributed by atoms with Crippen LogP contribution in [0.5, 0.6) is 0 Å². The summed E-state index contributed by atoms with van der Waals surface area (Å²) in [4.78, 5) is 41.0. The molecule has 182 valence electrons. The minimum Gasteiger partial charge on any atom is -0.442 e. The number of amides is 2. The molecule has 34 heavy (non-hydrogen) atoms. The van der Waals surface area contributed by atoms with Crippen molar-refractivity contribution >= 4 is 29.7 Å². The molecule has 2 aliphatic rings. The van der Waals surface area contributed by atoms with Gasteiger partial charge < -0.3 is 19.3 Å². The van der Waals surface area contributed by atoms with Crippen LogP contribution in [0.4, 0.5) is 20.6 Å². The highest BCUT2D eigenvalue weighted by atomic mass is 19.1. The molecule has 2 heterocycles. The van der Waals surface area contributed by atoms with E-state index in [-0.39, 0.29) is 24.6 Å². The van der Waals surface area contributed by atoms with Crippen molar-refractivity contribution in [1.82, 2.24) is 4.90 Å². The predicted molar refractivity (Wildman–Crippen MR) is 127 cm³/mol. The van der Waals surface area contributed by atoms with E-state index in [0.29, 0.717) is 49.5 Å². The van der Waals surface area contributed by atoms with E-state index < -0.39 is 18.0 Å². The first-order chi connectivity index (χ1) is 16.5. The second kappa shape index (κ2) is 11.6. The number of morpholine rings is 1. The Balaban J connectivity index is 0.00000158. The summed E-state index contributed by atoms with van der Waals surface area (Å²) < 4.78 is 25.4. The maximum atomic E-state index is 14.7. The molecule has 9 heteroatoms. The Kier molecular flexibility index (Phi) is 8.59. The highest BCUT2D eigenvalue weighted by Crippen LogP contribution is 2.28. The molecule has 8 nitrogen and oxygen atoms in total. The molecule has 2 aromatic carbocycles. The SMILES string of the molecule is CC.CN(CC1CN(c2ccc(N3CCOCC3)c(F)c2)C(=O)O1)C(=O)c1ccccc1C=O. The van der Waals surface area contributed by atoms with Crippen molar-refractivity contribution in [3.05, 3.63) is 59.4 Å². The monoisotopic (exact) mass is 471 g/mol. The van der Waals surface area contributed by atoms with Crippen molar-refractivity contribution in [2.75, 3.05) is 56.2 Å². The second-order valence-electron chi connectivity index (χ2n) is 7.74. The zero-order valence-electron chi connectivity index (χ0n) is 19.7. The zero-order chi connectivity index (χ0) is 24.7. The summed E-state index contributed by atoms with van der Waals surface area (Å²) in [5.74, 6) is -0.762. The Morgan fingerprint density at radius 1 is 1.18 bits per heavy atom. The third-order valence-electron chi connectivity index (χ3n) is 5.61. The number of anilines is 2. The van der Waals surface area contributed by atoms with Gasteiger partial charge in [-0.2, -0.15) is 0 Å². The summed E-state index contributed by atoms with van der Waals surface area (Å²) in [6, 6.07) is 11.2. The van der Waals surface area contributed by atoms with Gasteiger partial charge >= 0.3 is 6.09 Å². The number of cyclic esters (lactones) is 1. The maximum Gasteiger partial charge on any atom is 0.414 e. The van der Waals surface area contributed by atoms with Gasteiger partial charge in [0.15, 0.2) is 6.29 Å². The number of carbonyl (C=O) groups is 3. The van der Waals surface area contributed by atoms with Gasteiger partial charge in [0, 0.05) is 25.7 Å². The summed E-state index contributed by atoms with van der Waals surface area (Å²) in [7, 11) is 1.58. The van der Waals surface area contributed by atoms with Crippen LogP contribution in [0.3, 0.4) is 0 Å². The third kappa shape index (κ3) is 5.53. The minimum absolute atomic E-state index is 0.141. The molecule has 2 saturated heterocycles. The molecule has 0 aromatic heterocycles. The fraction of sp³-hybridized carbons (Fsp3) is 0.400. The van der Waals surface area contributed by atoms with E-state index in [2.05, 4.69) is 0 Å². The van der Waals surface area contributed by atoms with Crippen molar-refractivity contribution in [2.24, 2.45) is 0 Å². The number of hydrogen-bond donors (Lipinski definition) is 0. The molecule has 0 N–H and O–H groups in total. The molecule has 0 saturated carbocycles. The van der Waals surface area contributed by atoms with Crippen LogP contribution in [0, 0.1) is 5.82 Å². The van der Waals surface area contributed by atoms with Gasteiger partial charge in [-0.1, -0.05) is 32.0 Å². The first-order valence-electron chi connectivity index (χ1n) is 11.4. The summed E-state index contributed by atoms with van der Waals surface area (Å²) in [6.07, 6.45) is -0.544. The average molecular weight is 472 g/mol. The van der Waals surface area contributed by atoms with Gasteiger partial charge in [0.25, 0.3) is 5.91 Å². The molecule has 2 fully saturated rings. The highest BCUT2D eigenvalue weighted by molar-refractivity contribution is 6.01. The van der Waals surface area contributed by atoms with Gasteiger partial charge in [0.05, 0.1) is 43.2 Å². The normalized spacial score (nSPS) is 17.5. The Bertz CT molecular complexity index is 1030. The van der Waals surface area contributed by atoms with E-state index in [9.17, 15) is 18.8 Å². The molecule has 0 radical (unpaired) electrons. The number of aldehydes is 1. The molecule has 2 aromatic rings. The predicted octanol–water partition coefficient (Wildman–Crippen LogP) is 3.60. The molecular weight excluding hydrogens is 441 g/mol. The van der Waals surface area contributed by atoms with E-state index in [1.54, 1.807) is 43.4 Å². The van der Waals surface area contributed by atoms with Crippen LogP contribution in [-0.2, 0) is 9.47 Å². The smallest absolute Gasteiger partial charge is 0.414 e. The van der Waals surface area contributed by atoms with Crippen molar-refractivity contribution in [3.63, 3.8) is 0 Å². The number of ether oxygens (including phenoxy) is 2. The van der Waals surface area contributed by atoms with Crippen LogP contribution in [0.15, 0.2) is 42.5 Å². The molecule has 0 spiro atoms. The number of halogens is 1. The molecule has 4 rings (SSSR count). The Morgan fingerprint density at radius 2 is 1.88 bits per heavy atom. The Morgan fingerprint density at radius 3 is 2.56 bits per heavy atom. The molecule has 2 aliphatic heterocycles. The lowest BCUT2D eigenvalue weighted by atomic mass is 10.1. The lowest BCUT2D eigenvalue weighted by Gasteiger charge is -2.29. The number of benzene rings is 2. The van der Waals surface area contributed by atoms with Crippen LogP contribution in [0.1, 0.15) is 34.6 Å². The largest absolute Gasteiger partial charge is 0.442 e. The van der Waals surface area contributed by atoms with Crippen molar-refractivity contribution < 1.29 is 28.2 Å². The van der Waals surface area contributed by atoms with E-state index in [1.165, 1.54) is 15.9 Å². The number of hydrogen-bond acceptors (Lipinski definition) is 6. The van der Waals surface area contributed by atoms with Gasteiger partial charge in [0.2, 0.25) is 0 Å². The van der Waals surface area contributed by atoms with Crippen LogP contribution in [-0.4, -0.2) is 75.7 Å². The van der Waals surface area contributed by atoms with E-state index in [1.807, 2.05) is 18.7 Å². The molecule has 1 atom stereocenters. The van der Waals surface area contributed by atoms with E-state index >= 15 is 0 Å². The number of likely N-dealkylation sites (N-methyl/N-ethyl adjacent to an activating group) is 1. The van der Waals surface area contributed by atoms with E-state index in [0.717, 1.165) is 0 Å². The van der Waals surface area contributed by atoms with Crippen molar-refractivity contribution in [1.29, 1.82) is 0 Å². The first kappa shape index (κ1) is 25.2. The molecule has 2 amide bonds. The van der Waals surface area contributed by atoms with Gasteiger partial charge in [-0.3, -0.25) is 14.5 Å².